The maximum Gasteiger partial charge on any atom is 0.322 e. The first-order valence-corrected chi connectivity index (χ1v) is 3.24. The molecule has 1 atom stereocenters. The van der Waals surface area contributed by atoms with E-state index in [1.165, 1.54) is 0 Å². The Balaban J connectivity index is 3.21. The van der Waals surface area contributed by atoms with Gasteiger partial charge in [0.05, 0.1) is 6.61 Å². The van der Waals surface area contributed by atoms with Crippen LogP contribution in [0.4, 0.5) is 0 Å². The van der Waals surface area contributed by atoms with Crippen molar-refractivity contribution in [3.63, 3.8) is 0 Å². The molecule has 0 aliphatic rings. The highest BCUT2D eigenvalue weighted by atomic mass is 16.5. The SMILES string of the molecule is CCCOC[C@H](N)C(=O)O. The van der Waals surface area contributed by atoms with Gasteiger partial charge in [0.2, 0.25) is 0 Å². The van der Waals surface area contributed by atoms with Gasteiger partial charge in [-0.25, -0.2) is 0 Å². The van der Waals surface area contributed by atoms with Crippen LogP contribution in [-0.4, -0.2) is 30.3 Å². The third kappa shape index (κ3) is 4.29. The number of aliphatic carboxylic acids is 1. The molecule has 0 aromatic heterocycles. The van der Waals surface area contributed by atoms with E-state index in [0.717, 1.165) is 6.42 Å². The summed E-state index contributed by atoms with van der Waals surface area (Å²) in [5.41, 5.74) is 5.13. The third-order valence-corrected chi connectivity index (χ3v) is 0.963. The molecule has 0 fully saturated rings. The van der Waals surface area contributed by atoms with E-state index in [4.69, 9.17) is 15.6 Å². The number of hydrogen-bond donors (Lipinski definition) is 2. The van der Waals surface area contributed by atoms with Crippen LogP contribution in [0.2, 0.25) is 0 Å². The number of carboxylic acids is 1. The van der Waals surface area contributed by atoms with Crippen LogP contribution in [0.15, 0.2) is 0 Å². The Morgan fingerprint density at radius 3 is 2.80 bits per heavy atom. The first-order valence-electron chi connectivity index (χ1n) is 3.24. The van der Waals surface area contributed by atoms with Crippen molar-refractivity contribution in [2.24, 2.45) is 5.73 Å². The van der Waals surface area contributed by atoms with Gasteiger partial charge < -0.3 is 15.6 Å². The zero-order chi connectivity index (χ0) is 7.98. The fourth-order valence-electron chi connectivity index (χ4n) is 0.426. The molecule has 4 nitrogen and oxygen atoms in total. The summed E-state index contributed by atoms with van der Waals surface area (Å²) in [6.07, 6.45) is 0.881. The second-order valence-electron chi connectivity index (χ2n) is 2.02. The molecule has 10 heavy (non-hydrogen) atoms. The summed E-state index contributed by atoms with van der Waals surface area (Å²) >= 11 is 0. The van der Waals surface area contributed by atoms with Crippen molar-refractivity contribution in [1.82, 2.24) is 0 Å². The van der Waals surface area contributed by atoms with Gasteiger partial charge in [-0.3, -0.25) is 4.79 Å². The van der Waals surface area contributed by atoms with Crippen molar-refractivity contribution >= 4 is 5.97 Å². The highest BCUT2D eigenvalue weighted by Gasteiger charge is 2.09. The highest BCUT2D eigenvalue weighted by Crippen LogP contribution is 1.84. The Bertz CT molecular complexity index is 105. The summed E-state index contributed by atoms with van der Waals surface area (Å²) in [4.78, 5) is 10.1. The van der Waals surface area contributed by atoms with Gasteiger partial charge in [0.1, 0.15) is 6.04 Å². The van der Waals surface area contributed by atoms with Gasteiger partial charge in [-0.05, 0) is 6.42 Å². The largest absolute Gasteiger partial charge is 0.480 e. The molecule has 0 saturated carbocycles. The third-order valence-electron chi connectivity index (χ3n) is 0.963. The number of ether oxygens (including phenoxy) is 1. The van der Waals surface area contributed by atoms with Crippen LogP contribution in [0, 0.1) is 0 Å². The van der Waals surface area contributed by atoms with E-state index in [0.29, 0.717) is 6.61 Å². The molecule has 3 N–H and O–H groups in total. The molecule has 0 rings (SSSR count). The van der Waals surface area contributed by atoms with E-state index in [-0.39, 0.29) is 6.61 Å². The first kappa shape index (κ1) is 9.39. The maximum atomic E-state index is 10.1. The summed E-state index contributed by atoms with van der Waals surface area (Å²) in [5, 5.41) is 8.28. The van der Waals surface area contributed by atoms with Crippen LogP contribution < -0.4 is 5.73 Å². The van der Waals surface area contributed by atoms with Gasteiger partial charge in [0.15, 0.2) is 0 Å². The monoisotopic (exact) mass is 147 g/mol. The Kier molecular flexibility index (Phi) is 4.88. The number of hydrogen-bond acceptors (Lipinski definition) is 3. The van der Waals surface area contributed by atoms with E-state index in [2.05, 4.69) is 0 Å². The molecule has 0 bridgehead atoms. The Labute approximate surface area is 60.0 Å². The fourth-order valence-corrected chi connectivity index (χ4v) is 0.426. The molecule has 60 valence electrons. The summed E-state index contributed by atoms with van der Waals surface area (Å²) in [5.74, 6) is -1.02. The predicted molar refractivity (Wildman–Crippen MR) is 36.7 cm³/mol. The van der Waals surface area contributed by atoms with E-state index >= 15 is 0 Å². The minimum atomic E-state index is -1.02. The second kappa shape index (κ2) is 5.20. The molecule has 0 saturated heterocycles. The molecule has 0 amide bonds. The molecule has 0 heterocycles. The molecule has 0 aromatic rings. The van der Waals surface area contributed by atoms with E-state index in [9.17, 15) is 4.79 Å². The van der Waals surface area contributed by atoms with Gasteiger partial charge in [-0.1, -0.05) is 6.92 Å². The lowest BCUT2D eigenvalue weighted by molar-refractivity contribution is -0.140. The van der Waals surface area contributed by atoms with Crippen LogP contribution in [0.25, 0.3) is 0 Å². The number of carboxylic acid groups (broad SMARTS) is 1. The quantitative estimate of drug-likeness (QED) is 0.529. The molecule has 0 aliphatic heterocycles. The zero-order valence-corrected chi connectivity index (χ0v) is 6.04. The average molecular weight is 147 g/mol. The normalized spacial score (nSPS) is 13.0. The van der Waals surface area contributed by atoms with Gasteiger partial charge in [0, 0.05) is 6.61 Å². The average Bonchev–Trinajstić information content (AvgIpc) is 1.88. The second-order valence-corrected chi connectivity index (χ2v) is 2.02. The molecule has 0 spiro atoms. The molecule has 4 heteroatoms. The number of carbonyl (C=O) groups is 1. The minimum Gasteiger partial charge on any atom is -0.480 e. The summed E-state index contributed by atoms with van der Waals surface area (Å²) in [6, 6.07) is -0.883. The smallest absolute Gasteiger partial charge is 0.322 e. The van der Waals surface area contributed by atoms with Crippen LogP contribution in [0.3, 0.4) is 0 Å². The summed E-state index contributed by atoms with van der Waals surface area (Å²) < 4.78 is 4.90. The Morgan fingerprint density at radius 2 is 2.40 bits per heavy atom. The van der Waals surface area contributed by atoms with Crippen LogP contribution in [0.5, 0.6) is 0 Å². The standard InChI is InChI=1S/C6H13NO3/c1-2-3-10-4-5(7)6(8)9/h5H,2-4,7H2,1H3,(H,8,9)/t5-/m0/s1. The van der Waals surface area contributed by atoms with Crippen molar-refractivity contribution in [2.45, 2.75) is 19.4 Å². The summed E-state index contributed by atoms with van der Waals surface area (Å²) in [7, 11) is 0. The number of rotatable bonds is 5. The van der Waals surface area contributed by atoms with Crippen molar-refractivity contribution < 1.29 is 14.6 Å². The van der Waals surface area contributed by atoms with Crippen molar-refractivity contribution in [3.05, 3.63) is 0 Å². The Morgan fingerprint density at radius 1 is 1.80 bits per heavy atom. The molecule has 0 unspecified atom stereocenters. The fraction of sp³-hybridized carbons (Fsp3) is 0.833. The van der Waals surface area contributed by atoms with E-state index < -0.39 is 12.0 Å². The number of nitrogens with two attached hydrogens (primary N) is 1. The molecule has 0 aliphatic carbocycles. The van der Waals surface area contributed by atoms with Gasteiger partial charge in [0.25, 0.3) is 0 Å². The highest BCUT2D eigenvalue weighted by molar-refractivity contribution is 5.73. The minimum absolute atomic E-state index is 0.100. The first-order chi connectivity index (χ1) is 4.68. The van der Waals surface area contributed by atoms with Crippen LogP contribution in [-0.2, 0) is 9.53 Å². The zero-order valence-electron chi connectivity index (χ0n) is 6.04. The van der Waals surface area contributed by atoms with E-state index in [1.54, 1.807) is 0 Å². The molecular formula is C6H13NO3. The predicted octanol–water partition coefficient (Wildman–Crippen LogP) is -0.175. The topological polar surface area (TPSA) is 72.5 Å². The van der Waals surface area contributed by atoms with Gasteiger partial charge >= 0.3 is 5.97 Å². The van der Waals surface area contributed by atoms with Crippen molar-refractivity contribution in [3.8, 4) is 0 Å². The molecule has 0 radical (unpaired) electrons. The van der Waals surface area contributed by atoms with Crippen molar-refractivity contribution in [2.75, 3.05) is 13.2 Å². The maximum absolute atomic E-state index is 10.1. The van der Waals surface area contributed by atoms with Crippen molar-refractivity contribution in [1.29, 1.82) is 0 Å². The molecular weight excluding hydrogens is 134 g/mol. The van der Waals surface area contributed by atoms with E-state index in [1.807, 2.05) is 6.92 Å². The van der Waals surface area contributed by atoms with Gasteiger partial charge in [-0.2, -0.15) is 0 Å². The Hall–Kier alpha value is -0.610. The molecule has 0 aromatic carbocycles. The van der Waals surface area contributed by atoms with Crippen LogP contribution >= 0.6 is 0 Å². The lowest BCUT2D eigenvalue weighted by Gasteiger charge is -2.05. The van der Waals surface area contributed by atoms with Crippen LogP contribution in [0.1, 0.15) is 13.3 Å². The lowest BCUT2D eigenvalue weighted by atomic mass is 10.3. The van der Waals surface area contributed by atoms with Gasteiger partial charge in [-0.15, -0.1) is 0 Å². The summed E-state index contributed by atoms with van der Waals surface area (Å²) in [6.45, 7) is 2.62. The lowest BCUT2D eigenvalue weighted by Crippen LogP contribution is -2.34.